The summed E-state index contributed by atoms with van der Waals surface area (Å²) in [5, 5.41) is 19.5. The van der Waals surface area contributed by atoms with Gasteiger partial charge in [0.05, 0.1) is 6.04 Å². The highest BCUT2D eigenvalue weighted by molar-refractivity contribution is 8.17. The van der Waals surface area contributed by atoms with Gasteiger partial charge in [0, 0.05) is 11.5 Å². The molecule has 0 saturated carbocycles. The molecule has 3 atom stereocenters. The Morgan fingerprint density at radius 3 is 2.48 bits per heavy atom. The minimum absolute atomic E-state index is 0.0625. The number of β-lactam (4-membered cyclic amide) rings is 1. The van der Waals surface area contributed by atoms with Crippen LogP contribution in [-0.4, -0.2) is 76.9 Å². The summed E-state index contributed by atoms with van der Waals surface area (Å²) >= 11 is 2.60. The second kappa shape index (κ2) is 9.62. The molecule has 27 heavy (non-hydrogen) atoms. The van der Waals surface area contributed by atoms with Gasteiger partial charge in [-0.3, -0.25) is 19.7 Å². The Bertz CT molecular complexity index is 570. The normalized spacial score (nSPS) is 21.7. The fourth-order valence-corrected chi connectivity index (χ4v) is 5.87. The number of carboxylic acids is 1. The largest absolute Gasteiger partial charge is 0.480 e. The van der Waals surface area contributed by atoms with Gasteiger partial charge < -0.3 is 14.4 Å². The second-order valence-electron chi connectivity index (χ2n) is 8.06. The standard InChI is InChI=1S/C16H30N2O6S2Si/c1-16(2,3)27(5,6)24-8-7-11-14(15(21)17(11)9-12(19)20)26-13(25-4)10-18(22)23/h11,13-14H,7-10H2,1-6H3,(H,19,20)/t11-,13-,14+/m1/s1. The zero-order chi connectivity index (χ0) is 21.0. The summed E-state index contributed by atoms with van der Waals surface area (Å²) in [6.07, 6.45) is 2.30. The van der Waals surface area contributed by atoms with Crippen molar-refractivity contribution in [1.82, 2.24) is 4.90 Å². The Morgan fingerprint density at radius 1 is 1.44 bits per heavy atom. The third kappa shape index (κ3) is 6.65. The van der Waals surface area contributed by atoms with E-state index in [9.17, 15) is 19.7 Å². The van der Waals surface area contributed by atoms with Crippen LogP contribution in [0.4, 0.5) is 0 Å². The molecular formula is C16H30N2O6S2Si. The number of likely N-dealkylation sites (tertiary alicyclic amines) is 1. The zero-order valence-corrected chi connectivity index (χ0v) is 19.4. The molecule has 0 aromatic rings. The highest BCUT2D eigenvalue weighted by Crippen LogP contribution is 2.40. The lowest BCUT2D eigenvalue weighted by Gasteiger charge is -2.47. The molecule has 0 aromatic heterocycles. The Morgan fingerprint density at radius 2 is 2.04 bits per heavy atom. The average Bonchev–Trinajstić information content (AvgIpc) is 2.52. The lowest BCUT2D eigenvalue weighted by Crippen LogP contribution is -2.65. The maximum absolute atomic E-state index is 12.4. The molecule has 1 aliphatic heterocycles. The molecule has 156 valence electrons. The number of carboxylic acid groups (broad SMARTS) is 1. The topological polar surface area (TPSA) is 110 Å². The Labute approximate surface area is 170 Å². The number of nitrogens with zero attached hydrogens (tertiary/aromatic N) is 2. The van der Waals surface area contributed by atoms with Crippen LogP contribution in [0.5, 0.6) is 0 Å². The zero-order valence-electron chi connectivity index (χ0n) is 16.8. The first-order valence-electron chi connectivity index (χ1n) is 8.76. The lowest BCUT2D eigenvalue weighted by molar-refractivity contribution is -0.476. The molecular weight excluding hydrogens is 408 g/mol. The van der Waals surface area contributed by atoms with Crippen molar-refractivity contribution in [2.45, 2.75) is 61.2 Å². The molecule has 1 rings (SSSR count). The Kier molecular flexibility index (Phi) is 8.64. The van der Waals surface area contributed by atoms with Crippen molar-refractivity contribution in [2.75, 3.05) is 26.0 Å². The van der Waals surface area contributed by atoms with Crippen molar-refractivity contribution in [3.05, 3.63) is 10.1 Å². The van der Waals surface area contributed by atoms with E-state index in [1.807, 2.05) is 0 Å². The van der Waals surface area contributed by atoms with Gasteiger partial charge in [0.2, 0.25) is 12.5 Å². The van der Waals surface area contributed by atoms with Gasteiger partial charge >= 0.3 is 5.97 Å². The number of aliphatic carboxylic acids is 1. The van der Waals surface area contributed by atoms with Gasteiger partial charge in [0.25, 0.3) is 0 Å². The van der Waals surface area contributed by atoms with Crippen LogP contribution in [0.25, 0.3) is 0 Å². The first-order chi connectivity index (χ1) is 12.3. The molecule has 11 heteroatoms. The van der Waals surface area contributed by atoms with Crippen LogP contribution in [0.2, 0.25) is 18.1 Å². The number of hydrogen-bond donors (Lipinski definition) is 1. The van der Waals surface area contributed by atoms with Gasteiger partial charge in [0.1, 0.15) is 16.4 Å². The van der Waals surface area contributed by atoms with E-state index in [-0.39, 0.29) is 39.6 Å². The summed E-state index contributed by atoms with van der Waals surface area (Å²) in [6.45, 7) is 10.6. The van der Waals surface area contributed by atoms with Crippen molar-refractivity contribution in [2.24, 2.45) is 0 Å². The van der Waals surface area contributed by atoms with E-state index >= 15 is 0 Å². The summed E-state index contributed by atoms with van der Waals surface area (Å²) in [5.74, 6) is -1.32. The van der Waals surface area contributed by atoms with E-state index in [1.165, 1.54) is 28.4 Å². The van der Waals surface area contributed by atoms with Crippen molar-refractivity contribution in [3.8, 4) is 0 Å². The third-order valence-corrected chi connectivity index (χ3v) is 12.5. The minimum Gasteiger partial charge on any atom is -0.480 e. The van der Waals surface area contributed by atoms with Crippen LogP contribution < -0.4 is 0 Å². The van der Waals surface area contributed by atoms with Crippen molar-refractivity contribution < 1.29 is 24.0 Å². The second-order valence-corrected chi connectivity index (χ2v) is 15.6. The maximum atomic E-state index is 12.4. The quantitative estimate of drug-likeness (QED) is 0.172. The van der Waals surface area contributed by atoms with Crippen LogP contribution >= 0.6 is 23.5 Å². The molecule has 1 aliphatic rings. The molecule has 0 unspecified atom stereocenters. The third-order valence-electron chi connectivity index (χ3n) is 5.12. The van der Waals surface area contributed by atoms with Crippen molar-refractivity contribution in [1.29, 1.82) is 0 Å². The molecule has 0 radical (unpaired) electrons. The predicted octanol–water partition coefficient (Wildman–Crippen LogP) is 2.76. The van der Waals surface area contributed by atoms with Gasteiger partial charge in [-0.1, -0.05) is 20.8 Å². The molecule has 1 heterocycles. The number of carbonyl (C=O) groups excluding carboxylic acids is 1. The number of rotatable bonds is 11. The first-order valence-corrected chi connectivity index (χ1v) is 13.9. The van der Waals surface area contributed by atoms with Gasteiger partial charge in [-0.25, -0.2) is 0 Å². The molecule has 1 saturated heterocycles. The summed E-state index contributed by atoms with van der Waals surface area (Å²) in [6, 6.07) is -0.273. The highest BCUT2D eigenvalue weighted by Gasteiger charge is 2.49. The van der Waals surface area contributed by atoms with E-state index in [1.54, 1.807) is 6.26 Å². The van der Waals surface area contributed by atoms with Gasteiger partial charge in [0.15, 0.2) is 8.32 Å². The molecule has 0 aromatic carbocycles. The molecule has 1 N–H and O–H groups in total. The molecule has 0 spiro atoms. The van der Waals surface area contributed by atoms with Crippen molar-refractivity contribution in [3.63, 3.8) is 0 Å². The average molecular weight is 439 g/mol. The Hall–Kier alpha value is -0.783. The highest BCUT2D eigenvalue weighted by atomic mass is 32.2. The summed E-state index contributed by atoms with van der Waals surface area (Å²) in [7, 11) is -1.93. The smallest absolute Gasteiger partial charge is 0.323 e. The molecule has 1 amide bonds. The van der Waals surface area contributed by atoms with Gasteiger partial charge in [-0.15, -0.1) is 23.5 Å². The van der Waals surface area contributed by atoms with Crippen molar-refractivity contribution >= 4 is 43.7 Å². The molecule has 8 nitrogen and oxygen atoms in total. The lowest BCUT2D eigenvalue weighted by atomic mass is 9.98. The minimum atomic E-state index is -1.93. The number of nitro groups is 1. The molecule has 0 aliphatic carbocycles. The molecule has 0 bridgehead atoms. The van der Waals surface area contributed by atoms with Gasteiger partial charge in [-0.05, 0) is 30.8 Å². The van der Waals surface area contributed by atoms with Crippen LogP contribution in [0, 0.1) is 10.1 Å². The number of amides is 1. The predicted molar refractivity (Wildman–Crippen MR) is 111 cm³/mol. The fourth-order valence-electron chi connectivity index (χ4n) is 2.48. The number of thioether (sulfide) groups is 2. The maximum Gasteiger partial charge on any atom is 0.323 e. The van der Waals surface area contributed by atoms with Gasteiger partial charge in [-0.2, -0.15) is 0 Å². The number of carbonyl (C=O) groups is 2. The Balaban J connectivity index is 2.77. The SMILES string of the molecule is CS[C@@H](C[N+](=O)[O-])S[C@@H]1C(=O)N(CC(=O)O)[C@@H]1CCO[Si](C)(C)C(C)(C)C. The van der Waals surface area contributed by atoms with Crippen LogP contribution in [-0.2, 0) is 14.0 Å². The summed E-state index contributed by atoms with van der Waals surface area (Å²) in [5.41, 5.74) is 0. The van der Waals surface area contributed by atoms with E-state index in [4.69, 9.17) is 9.53 Å². The van der Waals surface area contributed by atoms with E-state index in [2.05, 4.69) is 33.9 Å². The van der Waals surface area contributed by atoms with E-state index in [0.717, 1.165) is 0 Å². The number of hydrogen-bond acceptors (Lipinski definition) is 7. The molecule has 1 fully saturated rings. The monoisotopic (exact) mass is 438 g/mol. The van der Waals surface area contributed by atoms with E-state index in [0.29, 0.717) is 13.0 Å². The van der Waals surface area contributed by atoms with Crippen LogP contribution in [0.15, 0.2) is 0 Å². The van der Waals surface area contributed by atoms with Crippen LogP contribution in [0.3, 0.4) is 0 Å². The fraction of sp³-hybridized carbons (Fsp3) is 0.875. The summed E-state index contributed by atoms with van der Waals surface area (Å²) < 4.78 is 5.82. The summed E-state index contributed by atoms with van der Waals surface area (Å²) in [4.78, 5) is 35.2. The van der Waals surface area contributed by atoms with E-state index < -0.39 is 19.5 Å². The van der Waals surface area contributed by atoms with Crippen LogP contribution in [0.1, 0.15) is 27.2 Å². The first kappa shape index (κ1) is 24.3.